The number of aromatic nitrogens is 1. The Bertz CT molecular complexity index is 463. The largest absolute Gasteiger partial charge is 0.468 e. The second-order valence-corrected chi connectivity index (χ2v) is 2.93. The highest BCUT2D eigenvalue weighted by Crippen LogP contribution is 2.16. The first-order valence-corrected chi connectivity index (χ1v) is 4.53. The van der Waals surface area contributed by atoms with Crippen molar-refractivity contribution in [3.63, 3.8) is 0 Å². The van der Waals surface area contributed by atoms with E-state index >= 15 is 0 Å². The summed E-state index contributed by atoms with van der Waals surface area (Å²) in [6.07, 6.45) is -3.00. The highest BCUT2D eigenvalue weighted by Gasteiger charge is 2.28. The number of halogens is 3. The predicted octanol–water partition coefficient (Wildman–Crippen LogP) is 2.29. The molecule has 88 valence electrons. The van der Waals surface area contributed by atoms with Crippen molar-refractivity contribution < 1.29 is 17.9 Å². The molecule has 0 aliphatic rings. The van der Waals surface area contributed by atoms with Gasteiger partial charge >= 0.3 is 6.18 Å². The number of pyridine rings is 1. The van der Waals surface area contributed by atoms with Crippen molar-refractivity contribution in [2.45, 2.75) is 12.6 Å². The number of alkyl halides is 3. The van der Waals surface area contributed by atoms with Gasteiger partial charge in [-0.2, -0.15) is 18.4 Å². The van der Waals surface area contributed by atoms with Crippen LogP contribution in [0.4, 0.5) is 13.2 Å². The van der Waals surface area contributed by atoms with Gasteiger partial charge in [0, 0.05) is 17.8 Å². The summed E-state index contributed by atoms with van der Waals surface area (Å²) in [5, 5.41) is 8.24. The quantitative estimate of drug-likeness (QED) is 0.745. The van der Waals surface area contributed by atoms with Gasteiger partial charge in [-0.05, 0) is 6.07 Å². The summed E-state index contributed by atoms with van der Waals surface area (Å²) in [5.41, 5.74) is 0.514. The molecule has 0 radical (unpaired) electrons. The van der Waals surface area contributed by atoms with E-state index in [0.29, 0.717) is 5.56 Å². The molecule has 1 heterocycles. The molecule has 0 amide bonds. The molecule has 0 bridgehead atoms. The lowest BCUT2D eigenvalue weighted by molar-refractivity contribution is -0.154. The highest BCUT2D eigenvalue weighted by atomic mass is 19.4. The van der Waals surface area contributed by atoms with Gasteiger partial charge in [-0.25, -0.2) is 4.98 Å². The molecule has 0 aliphatic heterocycles. The van der Waals surface area contributed by atoms with E-state index in [9.17, 15) is 13.2 Å². The fraction of sp³-hybridized carbons (Fsp3) is 0.273. The minimum absolute atomic E-state index is 0.0896. The molecule has 0 saturated heterocycles. The minimum Gasteiger partial charge on any atom is -0.468 e. The Hall–Kier alpha value is -2.21. The monoisotopic (exact) mass is 240 g/mol. The Balaban J connectivity index is 2.58. The van der Waals surface area contributed by atoms with Crippen molar-refractivity contribution in [2.75, 3.05) is 6.61 Å². The Kier molecular flexibility index (Phi) is 4.36. The maximum absolute atomic E-state index is 11.8. The number of hydrogen-bond acceptors (Lipinski definition) is 3. The van der Waals surface area contributed by atoms with Crippen molar-refractivity contribution in [1.82, 2.24) is 4.98 Å². The number of nitriles is 1. The third-order valence-corrected chi connectivity index (χ3v) is 1.52. The van der Waals surface area contributed by atoms with Gasteiger partial charge in [0.05, 0.1) is 12.5 Å². The predicted molar refractivity (Wildman–Crippen MR) is 52.9 cm³/mol. The third-order valence-electron chi connectivity index (χ3n) is 1.52. The van der Waals surface area contributed by atoms with Gasteiger partial charge in [-0.15, -0.1) is 0 Å². The molecule has 0 spiro atoms. The molecular formula is C11H7F3N2O. The zero-order valence-corrected chi connectivity index (χ0v) is 8.58. The van der Waals surface area contributed by atoms with Gasteiger partial charge in [0.1, 0.15) is 0 Å². The maximum Gasteiger partial charge on any atom is 0.422 e. The van der Waals surface area contributed by atoms with Crippen LogP contribution in [-0.2, 0) is 0 Å². The Morgan fingerprint density at radius 1 is 1.35 bits per heavy atom. The van der Waals surface area contributed by atoms with Crippen LogP contribution in [-0.4, -0.2) is 17.8 Å². The van der Waals surface area contributed by atoms with Crippen molar-refractivity contribution in [1.29, 1.82) is 5.26 Å². The summed E-state index contributed by atoms with van der Waals surface area (Å²) >= 11 is 0. The van der Waals surface area contributed by atoms with Crippen LogP contribution in [0, 0.1) is 23.2 Å². The first-order chi connectivity index (χ1) is 8.01. The molecule has 0 aliphatic carbocycles. The summed E-state index contributed by atoms with van der Waals surface area (Å²) in [5.74, 6) is 5.07. The molecule has 17 heavy (non-hydrogen) atoms. The standard InChI is InChI=1S/C11H7F3N2O/c12-11(13,14)8-17-10-5-4-9(7-16-10)3-1-2-6-15/h4-5,7H,2,8H2. The molecule has 0 aromatic carbocycles. The number of hydrogen-bond donors (Lipinski definition) is 0. The van der Waals surface area contributed by atoms with Crippen molar-refractivity contribution in [3.8, 4) is 23.8 Å². The van der Waals surface area contributed by atoms with Gasteiger partial charge in [-0.1, -0.05) is 11.8 Å². The molecule has 1 aromatic heterocycles. The van der Waals surface area contributed by atoms with E-state index in [-0.39, 0.29) is 12.3 Å². The number of rotatable bonds is 2. The van der Waals surface area contributed by atoms with Gasteiger partial charge in [0.2, 0.25) is 5.88 Å². The zero-order chi connectivity index (χ0) is 12.7. The Morgan fingerprint density at radius 3 is 2.65 bits per heavy atom. The van der Waals surface area contributed by atoms with Gasteiger partial charge < -0.3 is 4.74 Å². The van der Waals surface area contributed by atoms with Crippen LogP contribution in [0.1, 0.15) is 12.0 Å². The van der Waals surface area contributed by atoms with E-state index < -0.39 is 12.8 Å². The van der Waals surface area contributed by atoms with Crippen LogP contribution in [0.25, 0.3) is 0 Å². The summed E-state index contributed by atoms with van der Waals surface area (Å²) < 4.78 is 39.9. The first-order valence-electron chi connectivity index (χ1n) is 4.53. The summed E-state index contributed by atoms with van der Waals surface area (Å²) in [6, 6.07) is 4.61. The van der Waals surface area contributed by atoms with Crippen LogP contribution < -0.4 is 4.74 Å². The van der Waals surface area contributed by atoms with Crippen molar-refractivity contribution in [2.24, 2.45) is 0 Å². The smallest absolute Gasteiger partial charge is 0.422 e. The fourth-order valence-electron chi connectivity index (χ4n) is 0.881. The van der Waals surface area contributed by atoms with E-state index in [1.54, 1.807) is 0 Å². The number of ether oxygens (including phenoxy) is 1. The average molecular weight is 240 g/mol. The van der Waals surface area contributed by atoms with E-state index in [1.165, 1.54) is 18.3 Å². The molecule has 0 unspecified atom stereocenters. The molecule has 0 atom stereocenters. The Labute approximate surface area is 95.8 Å². The topological polar surface area (TPSA) is 45.9 Å². The van der Waals surface area contributed by atoms with Crippen LogP contribution in [0.15, 0.2) is 18.3 Å². The summed E-state index contributed by atoms with van der Waals surface area (Å²) in [7, 11) is 0. The first kappa shape index (κ1) is 12.9. The highest BCUT2D eigenvalue weighted by molar-refractivity contribution is 5.34. The molecule has 3 nitrogen and oxygen atoms in total. The normalized spacial score (nSPS) is 10.0. The molecular weight excluding hydrogens is 233 g/mol. The second kappa shape index (κ2) is 5.76. The van der Waals surface area contributed by atoms with Crippen molar-refractivity contribution in [3.05, 3.63) is 23.9 Å². The lowest BCUT2D eigenvalue weighted by Crippen LogP contribution is -2.19. The zero-order valence-electron chi connectivity index (χ0n) is 8.58. The van der Waals surface area contributed by atoms with Gasteiger partial charge in [-0.3, -0.25) is 0 Å². The van der Waals surface area contributed by atoms with Crippen LogP contribution in [0.3, 0.4) is 0 Å². The average Bonchev–Trinajstić information content (AvgIpc) is 2.27. The minimum atomic E-state index is -4.38. The summed E-state index contributed by atoms with van der Waals surface area (Å²) in [6.45, 7) is -1.38. The van der Waals surface area contributed by atoms with E-state index in [1.807, 2.05) is 6.07 Å². The number of nitrogens with zero attached hydrogens (tertiary/aromatic N) is 2. The van der Waals surface area contributed by atoms with Crippen LogP contribution >= 0.6 is 0 Å². The van der Waals surface area contributed by atoms with Gasteiger partial charge in [0.15, 0.2) is 6.61 Å². The molecule has 1 aromatic rings. The maximum atomic E-state index is 11.8. The van der Waals surface area contributed by atoms with Gasteiger partial charge in [0.25, 0.3) is 0 Å². The van der Waals surface area contributed by atoms with Crippen LogP contribution in [0.5, 0.6) is 5.88 Å². The molecule has 0 N–H and O–H groups in total. The van der Waals surface area contributed by atoms with E-state index in [2.05, 4.69) is 21.6 Å². The van der Waals surface area contributed by atoms with E-state index in [0.717, 1.165) is 0 Å². The van der Waals surface area contributed by atoms with Crippen LogP contribution in [0.2, 0.25) is 0 Å². The van der Waals surface area contributed by atoms with E-state index in [4.69, 9.17) is 5.26 Å². The molecule has 0 fully saturated rings. The fourth-order valence-corrected chi connectivity index (χ4v) is 0.881. The summed E-state index contributed by atoms with van der Waals surface area (Å²) in [4.78, 5) is 3.65. The molecule has 1 rings (SSSR count). The molecule has 6 heteroatoms. The van der Waals surface area contributed by atoms with Crippen molar-refractivity contribution >= 4 is 0 Å². The SMILES string of the molecule is N#CCC#Cc1ccc(OCC(F)(F)F)nc1. The third kappa shape index (κ3) is 5.43. The lowest BCUT2D eigenvalue weighted by atomic mass is 10.3. The molecule has 0 saturated carbocycles. The second-order valence-electron chi connectivity index (χ2n) is 2.93. The lowest BCUT2D eigenvalue weighted by Gasteiger charge is -2.07. The Morgan fingerprint density at radius 2 is 2.12 bits per heavy atom.